The second-order valence-corrected chi connectivity index (χ2v) is 9.35. The highest BCUT2D eigenvalue weighted by molar-refractivity contribution is 7.92. The van der Waals surface area contributed by atoms with Gasteiger partial charge in [0.25, 0.3) is 0 Å². The molecule has 1 amide bonds. The Morgan fingerprint density at radius 3 is 2.19 bits per heavy atom. The van der Waals surface area contributed by atoms with Gasteiger partial charge < -0.3 is 10.1 Å². The van der Waals surface area contributed by atoms with Crippen LogP contribution in [0, 0.1) is 20.8 Å². The molecule has 0 radical (unpaired) electrons. The molecule has 0 spiro atoms. The standard InChI is InChI=1S/C23H30N2O5S/c1-7-21(25(31(6,28)29)19-12-10-15(3)17(5)13-19)22(26)24-20-14-18(11-9-16(20)4)23(27)30-8-2/h9-14,21H,7-8H2,1-6H3,(H,24,26). The van der Waals surface area contributed by atoms with Crippen molar-refractivity contribution in [1.29, 1.82) is 0 Å². The van der Waals surface area contributed by atoms with Crippen molar-refractivity contribution < 1.29 is 22.7 Å². The second-order valence-electron chi connectivity index (χ2n) is 7.49. The number of nitrogens with one attached hydrogen (secondary N) is 1. The van der Waals surface area contributed by atoms with E-state index in [9.17, 15) is 18.0 Å². The van der Waals surface area contributed by atoms with Gasteiger partial charge in [-0.05, 0) is 75.1 Å². The van der Waals surface area contributed by atoms with Crippen LogP contribution in [0.3, 0.4) is 0 Å². The fourth-order valence-electron chi connectivity index (χ4n) is 3.24. The van der Waals surface area contributed by atoms with Gasteiger partial charge in [0.1, 0.15) is 6.04 Å². The summed E-state index contributed by atoms with van der Waals surface area (Å²) in [7, 11) is -3.74. The summed E-state index contributed by atoms with van der Waals surface area (Å²) in [6.07, 6.45) is 1.35. The molecule has 7 nitrogen and oxygen atoms in total. The molecule has 1 unspecified atom stereocenters. The predicted molar refractivity (Wildman–Crippen MR) is 123 cm³/mol. The maximum Gasteiger partial charge on any atom is 0.338 e. The van der Waals surface area contributed by atoms with Crippen molar-refractivity contribution in [1.82, 2.24) is 0 Å². The summed E-state index contributed by atoms with van der Waals surface area (Å²) in [5.74, 6) is -0.965. The number of esters is 1. The number of rotatable bonds is 8. The van der Waals surface area contributed by atoms with Crippen LogP contribution in [-0.2, 0) is 19.6 Å². The summed E-state index contributed by atoms with van der Waals surface area (Å²) in [6, 6.07) is 9.21. The Bertz CT molecular complexity index is 1080. The Labute approximate surface area is 184 Å². The van der Waals surface area contributed by atoms with Crippen molar-refractivity contribution in [2.45, 2.75) is 47.1 Å². The minimum Gasteiger partial charge on any atom is -0.462 e. The van der Waals surface area contributed by atoms with E-state index in [0.29, 0.717) is 16.9 Å². The van der Waals surface area contributed by atoms with Gasteiger partial charge in [0.2, 0.25) is 15.9 Å². The third-order valence-corrected chi connectivity index (χ3v) is 6.26. The SMILES string of the molecule is CCOC(=O)c1ccc(C)c(NC(=O)C(CC)N(c2ccc(C)c(C)c2)S(C)(=O)=O)c1. The van der Waals surface area contributed by atoms with E-state index >= 15 is 0 Å². The van der Waals surface area contributed by atoms with E-state index < -0.39 is 27.9 Å². The number of sulfonamides is 1. The van der Waals surface area contributed by atoms with Gasteiger partial charge in [-0.25, -0.2) is 13.2 Å². The van der Waals surface area contributed by atoms with Crippen LogP contribution in [0.15, 0.2) is 36.4 Å². The zero-order valence-electron chi connectivity index (χ0n) is 18.9. The van der Waals surface area contributed by atoms with Crippen molar-refractivity contribution in [3.8, 4) is 0 Å². The van der Waals surface area contributed by atoms with E-state index in [2.05, 4.69) is 5.32 Å². The number of carbonyl (C=O) groups excluding carboxylic acids is 2. The normalized spacial score (nSPS) is 12.2. The monoisotopic (exact) mass is 446 g/mol. The maximum absolute atomic E-state index is 13.2. The van der Waals surface area contributed by atoms with Gasteiger partial charge in [0, 0.05) is 5.69 Å². The highest BCUT2D eigenvalue weighted by atomic mass is 32.2. The van der Waals surface area contributed by atoms with Crippen LogP contribution < -0.4 is 9.62 Å². The van der Waals surface area contributed by atoms with Crippen LogP contribution in [0.25, 0.3) is 0 Å². The van der Waals surface area contributed by atoms with Crippen molar-refractivity contribution in [2.24, 2.45) is 0 Å². The Morgan fingerprint density at radius 2 is 1.65 bits per heavy atom. The van der Waals surface area contributed by atoms with Crippen LogP contribution in [0.2, 0.25) is 0 Å². The van der Waals surface area contributed by atoms with E-state index in [0.717, 1.165) is 27.3 Å². The lowest BCUT2D eigenvalue weighted by Crippen LogP contribution is -2.47. The summed E-state index contributed by atoms with van der Waals surface area (Å²) < 4.78 is 31.5. The maximum atomic E-state index is 13.2. The first-order valence-electron chi connectivity index (χ1n) is 10.1. The van der Waals surface area contributed by atoms with Crippen molar-refractivity contribution in [3.63, 3.8) is 0 Å². The van der Waals surface area contributed by atoms with Gasteiger partial charge in [-0.2, -0.15) is 0 Å². The first kappa shape index (κ1) is 24.4. The molecule has 31 heavy (non-hydrogen) atoms. The molecule has 0 aliphatic rings. The molecular formula is C23H30N2O5S. The lowest BCUT2D eigenvalue weighted by molar-refractivity contribution is -0.117. The molecule has 2 rings (SSSR count). The van der Waals surface area contributed by atoms with Gasteiger partial charge >= 0.3 is 5.97 Å². The molecule has 0 heterocycles. The molecule has 168 valence electrons. The Kier molecular flexibility index (Phi) is 7.84. The number of nitrogens with zero attached hydrogens (tertiary/aromatic N) is 1. The smallest absolute Gasteiger partial charge is 0.338 e. The first-order chi connectivity index (χ1) is 14.5. The van der Waals surface area contributed by atoms with Crippen LogP contribution in [0.4, 0.5) is 11.4 Å². The quantitative estimate of drug-likeness (QED) is 0.620. The molecule has 0 aliphatic heterocycles. The van der Waals surface area contributed by atoms with E-state index in [1.54, 1.807) is 51.1 Å². The molecule has 0 fully saturated rings. The number of amides is 1. The van der Waals surface area contributed by atoms with Gasteiger partial charge in [0.15, 0.2) is 0 Å². The van der Waals surface area contributed by atoms with Crippen LogP contribution in [0.1, 0.15) is 47.3 Å². The lowest BCUT2D eigenvalue weighted by atomic mass is 10.1. The minimum absolute atomic E-state index is 0.242. The van der Waals surface area contributed by atoms with Crippen molar-refractivity contribution in [2.75, 3.05) is 22.5 Å². The van der Waals surface area contributed by atoms with Gasteiger partial charge in [-0.3, -0.25) is 9.10 Å². The number of aryl methyl sites for hydroxylation is 3. The van der Waals surface area contributed by atoms with Gasteiger partial charge in [-0.1, -0.05) is 19.1 Å². The predicted octanol–water partition coefficient (Wildman–Crippen LogP) is 3.97. The number of anilines is 2. The molecule has 1 atom stereocenters. The summed E-state index contributed by atoms with van der Waals surface area (Å²) >= 11 is 0. The number of carbonyl (C=O) groups is 2. The van der Waals surface area contributed by atoms with Crippen LogP contribution in [0.5, 0.6) is 0 Å². The fourth-order valence-corrected chi connectivity index (χ4v) is 4.44. The molecule has 2 aromatic carbocycles. The topological polar surface area (TPSA) is 92.8 Å². The molecule has 0 saturated heterocycles. The molecule has 0 aromatic heterocycles. The number of hydrogen-bond donors (Lipinski definition) is 1. The van der Waals surface area contributed by atoms with E-state index in [4.69, 9.17) is 4.74 Å². The first-order valence-corrected chi connectivity index (χ1v) is 12.0. The van der Waals surface area contributed by atoms with Crippen molar-refractivity contribution >= 4 is 33.3 Å². The molecule has 8 heteroatoms. The zero-order valence-corrected chi connectivity index (χ0v) is 19.7. The fraction of sp³-hybridized carbons (Fsp3) is 0.391. The number of benzene rings is 2. The summed E-state index contributed by atoms with van der Waals surface area (Å²) in [5, 5.41) is 2.79. The molecule has 1 N–H and O–H groups in total. The van der Waals surface area contributed by atoms with Crippen LogP contribution >= 0.6 is 0 Å². The van der Waals surface area contributed by atoms with Crippen LogP contribution in [-0.4, -0.2) is 39.2 Å². The summed E-state index contributed by atoms with van der Waals surface area (Å²) in [6.45, 7) is 9.34. The molecule has 0 aliphatic carbocycles. The minimum atomic E-state index is -3.74. The van der Waals surface area contributed by atoms with Crippen molar-refractivity contribution in [3.05, 3.63) is 58.7 Å². The third kappa shape index (κ3) is 5.85. The lowest BCUT2D eigenvalue weighted by Gasteiger charge is -2.30. The highest BCUT2D eigenvalue weighted by Gasteiger charge is 2.32. The zero-order chi connectivity index (χ0) is 23.3. The average molecular weight is 447 g/mol. The summed E-state index contributed by atoms with van der Waals surface area (Å²) in [5.41, 5.74) is 3.88. The Balaban J connectivity index is 2.42. The average Bonchev–Trinajstić information content (AvgIpc) is 2.69. The molecule has 0 bridgehead atoms. The number of hydrogen-bond acceptors (Lipinski definition) is 5. The van der Waals surface area contributed by atoms with E-state index in [-0.39, 0.29) is 13.0 Å². The Hall–Kier alpha value is -2.87. The molecule has 2 aromatic rings. The van der Waals surface area contributed by atoms with Gasteiger partial charge in [-0.15, -0.1) is 0 Å². The molecule has 0 saturated carbocycles. The third-order valence-electron chi connectivity index (χ3n) is 5.08. The summed E-state index contributed by atoms with van der Waals surface area (Å²) in [4.78, 5) is 25.2. The molecular weight excluding hydrogens is 416 g/mol. The van der Waals surface area contributed by atoms with E-state index in [1.807, 2.05) is 19.9 Å². The van der Waals surface area contributed by atoms with E-state index in [1.165, 1.54) is 0 Å². The largest absolute Gasteiger partial charge is 0.462 e. The highest BCUT2D eigenvalue weighted by Crippen LogP contribution is 2.26. The second kappa shape index (κ2) is 9.96. The Morgan fingerprint density at radius 1 is 1.00 bits per heavy atom. The number of ether oxygens (including phenoxy) is 1. The van der Waals surface area contributed by atoms with Gasteiger partial charge in [0.05, 0.1) is 24.1 Å².